The number of ether oxygens (including phenoxy) is 2. The van der Waals surface area contributed by atoms with Crippen LogP contribution in [0.15, 0.2) is 48.5 Å². The second kappa shape index (κ2) is 6.39. The van der Waals surface area contributed by atoms with E-state index in [9.17, 15) is 9.59 Å². The Kier molecular flexibility index (Phi) is 4.14. The van der Waals surface area contributed by atoms with Gasteiger partial charge in [0.1, 0.15) is 6.54 Å². The summed E-state index contributed by atoms with van der Waals surface area (Å²) in [6.07, 6.45) is 0. The van der Waals surface area contributed by atoms with E-state index in [-0.39, 0.29) is 25.8 Å². The quantitative estimate of drug-likeness (QED) is 0.915. The van der Waals surface area contributed by atoms with Crippen LogP contribution in [0.5, 0.6) is 11.5 Å². The molecule has 1 amide bonds. The molecule has 23 heavy (non-hydrogen) atoms. The van der Waals surface area contributed by atoms with Gasteiger partial charge in [0.25, 0.3) is 5.91 Å². The first kappa shape index (κ1) is 14.9. The van der Waals surface area contributed by atoms with Crippen LogP contribution in [0.3, 0.4) is 0 Å². The summed E-state index contributed by atoms with van der Waals surface area (Å²) in [6.45, 7) is -0.0293. The second-order valence-corrected chi connectivity index (χ2v) is 5.11. The fraction of sp³-hybridized carbons (Fsp3) is 0.176. The monoisotopic (exact) mass is 313 g/mol. The number of nitrogens with zero attached hydrogens (tertiary/aromatic N) is 1. The van der Waals surface area contributed by atoms with E-state index < -0.39 is 5.97 Å². The molecule has 1 heterocycles. The molecule has 0 bridgehead atoms. The summed E-state index contributed by atoms with van der Waals surface area (Å²) in [5, 5.41) is 9.07. The van der Waals surface area contributed by atoms with Crippen molar-refractivity contribution < 1.29 is 24.2 Å². The molecule has 0 saturated heterocycles. The van der Waals surface area contributed by atoms with Crippen molar-refractivity contribution in [1.82, 2.24) is 4.90 Å². The van der Waals surface area contributed by atoms with Crippen LogP contribution in [0.4, 0.5) is 0 Å². The fourth-order valence-electron chi connectivity index (χ4n) is 2.38. The number of carbonyl (C=O) groups excluding carboxylic acids is 1. The van der Waals surface area contributed by atoms with Crippen LogP contribution in [0.2, 0.25) is 0 Å². The van der Waals surface area contributed by atoms with E-state index in [0.717, 1.165) is 5.56 Å². The van der Waals surface area contributed by atoms with Gasteiger partial charge >= 0.3 is 5.97 Å². The van der Waals surface area contributed by atoms with Crippen molar-refractivity contribution in [3.05, 3.63) is 59.7 Å². The van der Waals surface area contributed by atoms with Gasteiger partial charge in [0, 0.05) is 12.1 Å². The number of fused-ring (bicyclic) bond motifs is 1. The van der Waals surface area contributed by atoms with Gasteiger partial charge in [0.15, 0.2) is 11.5 Å². The molecule has 0 aromatic heterocycles. The molecule has 0 saturated carbocycles. The number of carboxylic acids is 1. The lowest BCUT2D eigenvalue weighted by atomic mass is 10.1. The molecule has 1 aliphatic heterocycles. The first-order valence-electron chi connectivity index (χ1n) is 7.08. The molecule has 3 rings (SSSR count). The third-order valence-corrected chi connectivity index (χ3v) is 3.45. The lowest BCUT2D eigenvalue weighted by molar-refractivity contribution is -0.137. The van der Waals surface area contributed by atoms with E-state index in [2.05, 4.69) is 0 Å². The van der Waals surface area contributed by atoms with E-state index in [0.29, 0.717) is 17.1 Å². The van der Waals surface area contributed by atoms with Crippen LogP contribution in [-0.2, 0) is 11.3 Å². The van der Waals surface area contributed by atoms with Gasteiger partial charge in [-0.1, -0.05) is 30.3 Å². The van der Waals surface area contributed by atoms with E-state index in [4.69, 9.17) is 14.6 Å². The number of amides is 1. The molecule has 1 aliphatic rings. The standard InChI is InChI=1S/C17H15NO5/c19-16(20)10-18(9-12-4-2-1-3-5-12)17(21)13-6-7-14-15(8-13)23-11-22-14/h1-8H,9-11H2,(H,19,20). The number of hydrogen-bond acceptors (Lipinski definition) is 4. The highest BCUT2D eigenvalue weighted by Crippen LogP contribution is 2.32. The third kappa shape index (κ3) is 3.42. The third-order valence-electron chi connectivity index (χ3n) is 3.45. The summed E-state index contributed by atoms with van der Waals surface area (Å²) in [5.74, 6) is -0.357. The summed E-state index contributed by atoms with van der Waals surface area (Å²) in [6, 6.07) is 14.1. The van der Waals surface area contributed by atoms with Crippen LogP contribution < -0.4 is 9.47 Å². The molecule has 0 fully saturated rings. The Balaban J connectivity index is 1.83. The van der Waals surface area contributed by atoms with Gasteiger partial charge in [0.05, 0.1) is 0 Å². The predicted octanol–water partition coefficient (Wildman–Crippen LogP) is 2.14. The summed E-state index contributed by atoms with van der Waals surface area (Å²) in [7, 11) is 0. The van der Waals surface area contributed by atoms with Crippen molar-refractivity contribution in [1.29, 1.82) is 0 Å². The van der Waals surface area contributed by atoms with E-state index in [1.54, 1.807) is 18.2 Å². The zero-order valence-electron chi connectivity index (χ0n) is 12.3. The molecule has 6 heteroatoms. The van der Waals surface area contributed by atoms with Gasteiger partial charge in [-0.05, 0) is 23.8 Å². The largest absolute Gasteiger partial charge is 0.480 e. The van der Waals surface area contributed by atoms with Gasteiger partial charge in [-0.25, -0.2) is 0 Å². The molecule has 0 unspecified atom stereocenters. The van der Waals surface area contributed by atoms with Crippen LogP contribution >= 0.6 is 0 Å². The summed E-state index contributed by atoms with van der Waals surface area (Å²) in [5.41, 5.74) is 1.23. The fourth-order valence-corrected chi connectivity index (χ4v) is 2.38. The van der Waals surface area contributed by atoms with Crippen molar-refractivity contribution in [3.63, 3.8) is 0 Å². The minimum atomic E-state index is -1.06. The maximum Gasteiger partial charge on any atom is 0.323 e. The van der Waals surface area contributed by atoms with Crippen LogP contribution in [0, 0.1) is 0 Å². The highest BCUT2D eigenvalue weighted by molar-refractivity contribution is 5.96. The first-order valence-corrected chi connectivity index (χ1v) is 7.08. The molecule has 0 radical (unpaired) electrons. The Morgan fingerprint density at radius 1 is 1.04 bits per heavy atom. The van der Waals surface area contributed by atoms with Gasteiger partial charge in [-0.2, -0.15) is 0 Å². The molecule has 2 aromatic rings. The SMILES string of the molecule is O=C(O)CN(Cc1ccccc1)C(=O)c1ccc2c(c1)OCO2. The van der Waals surface area contributed by atoms with Crippen molar-refractivity contribution in [2.75, 3.05) is 13.3 Å². The average molecular weight is 313 g/mol. The van der Waals surface area contributed by atoms with Gasteiger partial charge in [0.2, 0.25) is 6.79 Å². The van der Waals surface area contributed by atoms with Crippen molar-refractivity contribution in [2.24, 2.45) is 0 Å². The van der Waals surface area contributed by atoms with Gasteiger partial charge in [-0.3, -0.25) is 9.59 Å². The van der Waals surface area contributed by atoms with Crippen molar-refractivity contribution >= 4 is 11.9 Å². The Hall–Kier alpha value is -3.02. The van der Waals surface area contributed by atoms with Gasteiger partial charge in [-0.15, -0.1) is 0 Å². The number of carboxylic acid groups (broad SMARTS) is 1. The summed E-state index contributed by atoms with van der Waals surface area (Å²) in [4.78, 5) is 25.0. The second-order valence-electron chi connectivity index (χ2n) is 5.11. The average Bonchev–Trinajstić information content (AvgIpc) is 3.01. The molecule has 1 N–H and O–H groups in total. The van der Waals surface area contributed by atoms with Crippen molar-refractivity contribution in [3.8, 4) is 11.5 Å². The minimum Gasteiger partial charge on any atom is -0.480 e. The van der Waals surface area contributed by atoms with Gasteiger partial charge < -0.3 is 19.5 Å². The van der Waals surface area contributed by atoms with Crippen LogP contribution in [-0.4, -0.2) is 35.2 Å². The number of aliphatic carboxylic acids is 1. The maximum atomic E-state index is 12.7. The normalized spacial score (nSPS) is 12.0. The lowest BCUT2D eigenvalue weighted by Crippen LogP contribution is -2.35. The molecule has 2 aromatic carbocycles. The predicted molar refractivity (Wildman–Crippen MR) is 81.4 cm³/mol. The highest BCUT2D eigenvalue weighted by atomic mass is 16.7. The maximum absolute atomic E-state index is 12.7. The Labute approximate surface area is 132 Å². The molecule has 0 spiro atoms. The van der Waals surface area contributed by atoms with E-state index in [1.165, 1.54) is 4.90 Å². The zero-order valence-corrected chi connectivity index (χ0v) is 12.3. The minimum absolute atomic E-state index is 0.121. The Bertz CT molecular complexity index is 729. The molecule has 6 nitrogen and oxygen atoms in total. The Morgan fingerprint density at radius 2 is 1.78 bits per heavy atom. The molecular weight excluding hydrogens is 298 g/mol. The van der Waals surface area contributed by atoms with Crippen molar-refractivity contribution in [2.45, 2.75) is 6.54 Å². The first-order chi connectivity index (χ1) is 11.1. The summed E-state index contributed by atoms with van der Waals surface area (Å²) < 4.78 is 10.5. The number of carbonyl (C=O) groups is 2. The number of hydrogen-bond donors (Lipinski definition) is 1. The molecule has 118 valence electrons. The Morgan fingerprint density at radius 3 is 2.52 bits per heavy atom. The smallest absolute Gasteiger partial charge is 0.323 e. The topological polar surface area (TPSA) is 76.1 Å². The van der Waals surface area contributed by atoms with E-state index >= 15 is 0 Å². The lowest BCUT2D eigenvalue weighted by Gasteiger charge is -2.21. The molecule has 0 aliphatic carbocycles. The highest BCUT2D eigenvalue weighted by Gasteiger charge is 2.22. The van der Waals surface area contributed by atoms with Crippen LogP contribution in [0.1, 0.15) is 15.9 Å². The molecular formula is C17H15NO5. The molecule has 0 atom stereocenters. The summed E-state index contributed by atoms with van der Waals surface area (Å²) >= 11 is 0. The van der Waals surface area contributed by atoms with E-state index in [1.807, 2.05) is 30.3 Å². The van der Waals surface area contributed by atoms with Crippen LogP contribution in [0.25, 0.3) is 0 Å². The number of rotatable bonds is 5. The zero-order chi connectivity index (χ0) is 16.2. The number of benzene rings is 2.